The lowest BCUT2D eigenvalue weighted by molar-refractivity contribution is -0.122. The molecule has 0 saturated carbocycles. The molecule has 5 atom stereocenters. The van der Waals surface area contributed by atoms with Gasteiger partial charge in [0.2, 0.25) is 6.41 Å². The third-order valence-corrected chi connectivity index (χ3v) is 14.4. The first-order chi connectivity index (χ1) is 31.2. The topological polar surface area (TPSA) is 416 Å². The van der Waals surface area contributed by atoms with Crippen LogP contribution in [0, 0.1) is 17.8 Å². The fourth-order valence-corrected chi connectivity index (χ4v) is 9.99. The molecule has 1 aliphatic heterocycles. The fraction of sp³-hybridized carbons (Fsp3) is 0.750. The van der Waals surface area contributed by atoms with Gasteiger partial charge in [-0.2, -0.15) is 8.62 Å². The van der Waals surface area contributed by atoms with Crippen LogP contribution >= 0.6 is 45.1 Å². The van der Waals surface area contributed by atoms with Crippen LogP contribution in [0.25, 0.3) is 10.4 Å². The van der Waals surface area contributed by atoms with Crippen molar-refractivity contribution in [2.45, 2.75) is 50.1 Å². The number of ether oxygens (including phenoxy) is 7. The van der Waals surface area contributed by atoms with E-state index in [0.717, 1.165) is 6.20 Å². The molecule has 66 heavy (non-hydrogen) atoms. The number of azide groups is 1. The van der Waals surface area contributed by atoms with E-state index in [1.54, 1.807) is 10.8 Å². The van der Waals surface area contributed by atoms with Crippen molar-refractivity contribution in [1.82, 2.24) is 21.3 Å². The zero-order valence-electron chi connectivity index (χ0n) is 35.9. The minimum atomic E-state index is -5.78. The Morgan fingerprint density at radius 1 is 0.955 bits per heavy atom. The monoisotopic (exact) mass is 1050 g/mol. The van der Waals surface area contributed by atoms with Gasteiger partial charge in [0.1, 0.15) is 24.3 Å². The second kappa shape index (κ2) is 34.3. The average Bonchev–Trinajstić information content (AvgIpc) is 3.60. The summed E-state index contributed by atoms with van der Waals surface area (Å²) in [5, 5.41) is 13.0. The summed E-state index contributed by atoms with van der Waals surface area (Å²) < 4.78 is 83.9. The molecule has 0 bridgehead atoms. The maximum Gasteiger partial charge on any atom is 0.490 e. The summed E-state index contributed by atoms with van der Waals surface area (Å²) in [6, 6.07) is 0. The maximum absolute atomic E-state index is 12.4. The maximum atomic E-state index is 12.4. The number of hydrogen-bond acceptors (Lipinski definition) is 22. The molecule has 0 spiro atoms. The van der Waals surface area contributed by atoms with Crippen molar-refractivity contribution in [3.8, 4) is 11.8 Å². The van der Waals surface area contributed by atoms with E-state index in [0.29, 0.717) is 71.3 Å². The van der Waals surface area contributed by atoms with Crippen LogP contribution in [0.3, 0.4) is 0 Å². The van der Waals surface area contributed by atoms with Crippen LogP contribution in [0.1, 0.15) is 33.1 Å². The van der Waals surface area contributed by atoms with Gasteiger partial charge in [0.15, 0.2) is 0 Å². The van der Waals surface area contributed by atoms with E-state index in [9.17, 15) is 42.7 Å². The van der Waals surface area contributed by atoms with Crippen LogP contribution in [0.15, 0.2) is 16.9 Å². The summed E-state index contributed by atoms with van der Waals surface area (Å²) >= 11 is 0. The molecular weight excluding hydrogens is 989 g/mol. The number of carbonyl (C=O) groups excluding carboxylic acids is 4. The standard InChI is InChI=1S/C32H57N8O21P3S2/c1-32(2,7-13-56-31(44)37-10-15-53-17-16-52-14-8-33)66-65-24-54-11-3-4-12-55-30(43)36-9-5-6-25(29(42)38-22-41)18-35-19-26-20-57-27(28(26)58-23-39-40-34)21-59-63(48,49)61-64(50,51)60-62(45,46)47/h18,22,26-28,35H,3-4,7-17,19-21,23-24,33H2,1-2H3,(H,36,43)(H,37,44)(H,48,49)(H,50,51)(H,38,41,42)(H2,45,46,47)/b25-18-. The lowest BCUT2D eigenvalue weighted by Crippen LogP contribution is -2.37. The van der Waals surface area contributed by atoms with Gasteiger partial charge in [-0.1, -0.05) is 38.5 Å². The highest BCUT2D eigenvalue weighted by atomic mass is 33.1. The molecule has 0 aromatic rings. The van der Waals surface area contributed by atoms with E-state index in [1.165, 1.54) is 10.8 Å². The minimum Gasteiger partial charge on any atom is -0.450 e. The molecule has 5 unspecified atom stereocenters. The number of nitrogens with one attached hydrogen (secondary N) is 4. The minimum absolute atomic E-state index is 0.0529. The van der Waals surface area contributed by atoms with Crippen molar-refractivity contribution in [3.63, 3.8) is 0 Å². The van der Waals surface area contributed by atoms with E-state index in [4.69, 9.17) is 54.2 Å². The van der Waals surface area contributed by atoms with Gasteiger partial charge < -0.3 is 74.4 Å². The van der Waals surface area contributed by atoms with Gasteiger partial charge in [0.25, 0.3) is 5.91 Å². The molecule has 1 saturated heterocycles. The number of rotatable bonds is 36. The van der Waals surface area contributed by atoms with E-state index in [2.05, 4.69) is 51.0 Å². The summed E-state index contributed by atoms with van der Waals surface area (Å²) in [4.78, 5) is 86.4. The Morgan fingerprint density at radius 2 is 1.65 bits per heavy atom. The Kier molecular flexibility index (Phi) is 31.7. The molecule has 0 aromatic carbocycles. The van der Waals surface area contributed by atoms with E-state index >= 15 is 0 Å². The Balaban J connectivity index is 2.43. The van der Waals surface area contributed by atoms with Crippen LogP contribution in [0.2, 0.25) is 0 Å². The van der Waals surface area contributed by atoms with Gasteiger partial charge in [0, 0.05) is 48.0 Å². The molecule has 0 aliphatic carbocycles. The van der Waals surface area contributed by atoms with E-state index < -0.39 is 73.0 Å². The van der Waals surface area contributed by atoms with Crippen molar-refractivity contribution in [3.05, 3.63) is 22.2 Å². The number of imide groups is 1. The van der Waals surface area contributed by atoms with Crippen LogP contribution in [0.5, 0.6) is 0 Å². The second-order valence-electron chi connectivity index (χ2n) is 13.4. The molecule has 4 amide bonds. The largest absolute Gasteiger partial charge is 0.490 e. The Morgan fingerprint density at radius 3 is 2.35 bits per heavy atom. The smallest absolute Gasteiger partial charge is 0.450 e. The Bertz CT molecular complexity index is 1790. The number of carbonyl (C=O) groups is 4. The van der Waals surface area contributed by atoms with Crippen molar-refractivity contribution < 1.29 is 98.7 Å². The van der Waals surface area contributed by atoms with Crippen molar-refractivity contribution in [2.24, 2.45) is 16.8 Å². The lowest BCUT2D eigenvalue weighted by Gasteiger charge is -2.23. The molecular formula is C32H57N8O21P3S2. The summed E-state index contributed by atoms with van der Waals surface area (Å²) in [6.07, 6.45) is -0.548. The quantitative estimate of drug-likeness (QED) is 0.00410. The summed E-state index contributed by atoms with van der Waals surface area (Å²) in [7, 11) is -13.8. The number of hydrogen-bond donors (Lipinski definition) is 9. The number of amides is 4. The molecule has 1 aliphatic rings. The van der Waals surface area contributed by atoms with Crippen LogP contribution in [0.4, 0.5) is 9.59 Å². The first-order valence-electron chi connectivity index (χ1n) is 19.5. The Hall–Kier alpha value is -3.04. The molecule has 378 valence electrons. The van der Waals surface area contributed by atoms with Crippen LogP contribution in [-0.2, 0) is 69.6 Å². The summed E-state index contributed by atoms with van der Waals surface area (Å²) in [5.41, 5.74) is 13.7. The first-order valence-corrected chi connectivity index (χ1v) is 26.3. The molecule has 1 heterocycles. The molecule has 10 N–H and O–H groups in total. The molecule has 0 radical (unpaired) electrons. The van der Waals surface area contributed by atoms with E-state index in [1.807, 2.05) is 19.2 Å². The molecule has 1 fully saturated rings. The van der Waals surface area contributed by atoms with Crippen molar-refractivity contribution in [2.75, 3.05) is 98.3 Å². The molecule has 29 nitrogen and oxygen atoms in total. The van der Waals surface area contributed by atoms with Crippen molar-refractivity contribution in [1.29, 1.82) is 0 Å². The number of nitrogens with two attached hydrogens (primary N) is 1. The zero-order valence-corrected chi connectivity index (χ0v) is 40.2. The van der Waals surface area contributed by atoms with Gasteiger partial charge in [-0.15, -0.1) is 0 Å². The van der Waals surface area contributed by atoms with E-state index in [-0.39, 0.29) is 49.6 Å². The van der Waals surface area contributed by atoms with Gasteiger partial charge in [-0.05, 0) is 38.6 Å². The SMILES string of the molecule is CC(C)(CCOC(=O)NCCOCCOCCN)SSCOCCCCOC(=O)NCC#C/C(=C/NCC1COC(COP(=O)(O)OP(=O)(O)OP(=O)(O)O)C1OCN=[N+]=[N-])C(=O)NC=O. The van der Waals surface area contributed by atoms with Crippen molar-refractivity contribution >= 4 is 69.6 Å². The van der Waals surface area contributed by atoms with Gasteiger partial charge in [0.05, 0.1) is 65.5 Å². The van der Waals surface area contributed by atoms with Crippen LogP contribution < -0.4 is 27.0 Å². The number of phosphoric acid groups is 3. The van der Waals surface area contributed by atoms with Gasteiger partial charge in [-0.25, -0.2) is 23.3 Å². The van der Waals surface area contributed by atoms with Gasteiger partial charge >= 0.3 is 35.7 Å². The predicted molar refractivity (Wildman–Crippen MR) is 233 cm³/mol. The molecule has 34 heteroatoms. The first kappa shape index (κ1) is 61.0. The zero-order chi connectivity index (χ0) is 49.3. The fourth-order valence-electron chi connectivity index (χ4n) is 4.69. The molecule has 1 rings (SSSR count). The summed E-state index contributed by atoms with van der Waals surface area (Å²) in [5.74, 6) is 3.90. The highest BCUT2D eigenvalue weighted by Gasteiger charge is 2.43. The van der Waals surface area contributed by atoms with Crippen LogP contribution in [-0.4, -0.2) is 159 Å². The normalized spacial score (nSPS) is 18.0. The number of unbranched alkanes of at least 4 members (excludes halogenated alkanes) is 1. The van der Waals surface area contributed by atoms with Gasteiger partial charge in [-0.3, -0.25) is 19.4 Å². The Labute approximate surface area is 387 Å². The molecule has 0 aromatic heterocycles. The average molecular weight is 1050 g/mol. The second-order valence-corrected chi connectivity index (χ2v) is 20.7. The highest BCUT2D eigenvalue weighted by Crippen LogP contribution is 2.66. The number of nitrogens with zero attached hydrogens (tertiary/aromatic N) is 3. The number of phosphoric ester groups is 1. The highest BCUT2D eigenvalue weighted by molar-refractivity contribution is 8.77. The lowest BCUT2D eigenvalue weighted by atomic mass is 10.0. The number of alkyl carbamates (subject to hydrolysis) is 2. The third kappa shape index (κ3) is 31.8. The summed E-state index contributed by atoms with van der Waals surface area (Å²) in [6.45, 7) is 5.41. The predicted octanol–water partition coefficient (Wildman–Crippen LogP) is 1.50. The third-order valence-electron chi connectivity index (χ3n) is 7.59.